The van der Waals surface area contributed by atoms with Gasteiger partial charge in [0.15, 0.2) is 0 Å². The van der Waals surface area contributed by atoms with Crippen LogP contribution in [0.4, 0.5) is 0 Å². The highest BCUT2D eigenvalue weighted by atomic mass is 16.5. The first-order chi connectivity index (χ1) is 9.65. The molecular formula is C17H21NO2. The maximum Gasteiger partial charge on any atom is 0.310 e. The van der Waals surface area contributed by atoms with Crippen LogP contribution in [0.15, 0.2) is 24.3 Å². The summed E-state index contributed by atoms with van der Waals surface area (Å²) in [6, 6.07) is 9.64. The number of carbonyl (C=O) groups is 1. The Balaban J connectivity index is 1.70. The number of rotatable bonds is 2. The van der Waals surface area contributed by atoms with Crippen LogP contribution in [-0.2, 0) is 9.53 Å². The van der Waals surface area contributed by atoms with Gasteiger partial charge in [-0.15, -0.1) is 0 Å². The minimum absolute atomic E-state index is 0.0146. The molecule has 0 radical (unpaired) electrons. The summed E-state index contributed by atoms with van der Waals surface area (Å²) in [5.74, 6) is 0.250. The third kappa shape index (κ3) is 1.42. The molecule has 2 saturated carbocycles. The van der Waals surface area contributed by atoms with E-state index < -0.39 is 0 Å². The molecular weight excluding hydrogens is 250 g/mol. The third-order valence-corrected chi connectivity index (χ3v) is 5.96. The lowest BCUT2D eigenvalue weighted by Gasteiger charge is -2.62. The lowest BCUT2D eigenvalue weighted by molar-refractivity contribution is -0.151. The van der Waals surface area contributed by atoms with Crippen molar-refractivity contribution in [3.63, 3.8) is 0 Å². The van der Waals surface area contributed by atoms with Crippen LogP contribution in [-0.4, -0.2) is 25.2 Å². The summed E-state index contributed by atoms with van der Waals surface area (Å²) in [5.41, 5.74) is 2.94. The summed E-state index contributed by atoms with van der Waals surface area (Å²) in [6.07, 6.45) is 3.67. The second-order valence-electron chi connectivity index (χ2n) is 6.74. The molecule has 5 unspecified atom stereocenters. The predicted molar refractivity (Wildman–Crippen MR) is 76.4 cm³/mol. The number of benzene rings is 1. The molecule has 3 nitrogen and oxygen atoms in total. The van der Waals surface area contributed by atoms with Crippen molar-refractivity contribution in [3.8, 4) is 0 Å². The summed E-state index contributed by atoms with van der Waals surface area (Å²) in [4.78, 5) is 12.3. The standard InChI is InChI=1S/C17H21NO2/c1-10-3-5-11(6-4-10)12-9-17-8-7-13(17)18-15(17)14(12)16(19)20-2/h3-6,12-15,18H,7-9H2,1-2H3. The molecule has 0 amide bonds. The van der Waals surface area contributed by atoms with Crippen LogP contribution in [0.25, 0.3) is 0 Å². The Morgan fingerprint density at radius 3 is 2.65 bits per heavy atom. The summed E-state index contributed by atoms with van der Waals surface area (Å²) in [6.45, 7) is 2.10. The van der Waals surface area contributed by atoms with Crippen LogP contribution in [0.3, 0.4) is 0 Å². The van der Waals surface area contributed by atoms with Crippen molar-refractivity contribution in [2.45, 2.75) is 44.2 Å². The molecule has 20 heavy (non-hydrogen) atoms. The molecule has 1 aromatic rings. The molecule has 1 saturated heterocycles. The van der Waals surface area contributed by atoms with Crippen LogP contribution in [0.5, 0.6) is 0 Å². The fourth-order valence-corrected chi connectivity index (χ4v) is 4.74. The average Bonchev–Trinajstić information content (AvgIpc) is 2.78. The predicted octanol–water partition coefficient (Wildman–Crippen LogP) is 2.39. The average molecular weight is 271 g/mol. The van der Waals surface area contributed by atoms with Gasteiger partial charge in [-0.05, 0) is 37.7 Å². The first kappa shape index (κ1) is 12.4. The summed E-state index contributed by atoms with van der Waals surface area (Å²) in [5, 5.41) is 3.61. The van der Waals surface area contributed by atoms with Crippen molar-refractivity contribution in [3.05, 3.63) is 35.4 Å². The van der Waals surface area contributed by atoms with Gasteiger partial charge in [0.05, 0.1) is 13.0 Å². The Labute approximate surface area is 119 Å². The minimum Gasteiger partial charge on any atom is -0.469 e. The van der Waals surface area contributed by atoms with E-state index in [0.717, 1.165) is 6.42 Å². The molecule has 0 bridgehead atoms. The van der Waals surface area contributed by atoms with Crippen LogP contribution in [0.2, 0.25) is 0 Å². The van der Waals surface area contributed by atoms with Gasteiger partial charge >= 0.3 is 5.97 Å². The monoisotopic (exact) mass is 271 g/mol. The van der Waals surface area contributed by atoms with Gasteiger partial charge in [0.2, 0.25) is 0 Å². The molecule has 3 fully saturated rings. The zero-order chi connectivity index (χ0) is 13.9. The first-order valence-electron chi connectivity index (χ1n) is 7.56. The highest BCUT2D eigenvalue weighted by Crippen LogP contribution is 2.65. The zero-order valence-electron chi connectivity index (χ0n) is 12.1. The molecule has 1 aromatic carbocycles. The van der Waals surface area contributed by atoms with Crippen LogP contribution in [0.1, 0.15) is 36.3 Å². The highest BCUT2D eigenvalue weighted by molar-refractivity contribution is 5.76. The third-order valence-electron chi connectivity index (χ3n) is 5.96. The van der Waals surface area contributed by atoms with E-state index in [1.165, 1.54) is 31.1 Å². The molecule has 1 N–H and O–H groups in total. The topological polar surface area (TPSA) is 38.3 Å². The smallest absolute Gasteiger partial charge is 0.310 e. The number of hydrogen-bond acceptors (Lipinski definition) is 3. The Bertz CT molecular complexity index is 553. The maximum atomic E-state index is 12.3. The van der Waals surface area contributed by atoms with E-state index in [2.05, 4.69) is 36.5 Å². The van der Waals surface area contributed by atoms with Gasteiger partial charge in [0, 0.05) is 17.5 Å². The van der Waals surface area contributed by atoms with Crippen molar-refractivity contribution in [1.29, 1.82) is 0 Å². The molecule has 3 aliphatic rings. The molecule has 1 aliphatic heterocycles. The van der Waals surface area contributed by atoms with E-state index in [9.17, 15) is 4.79 Å². The minimum atomic E-state index is -0.0460. The van der Waals surface area contributed by atoms with Gasteiger partial charge in [0.25, 0.3) is 0 Å². The number of piperidine rings is 1. The maximum absolute atomic E-state index is 12.3. The van der Waals surface area contributed by atoms with Gasteiger partial charge in [-0.1, -0.05) is 29.8 Å². The lowest BCUT2D eigenvalue weighted by Crippen LogP contribution is -2.75. The van der Waals surface area contributed by atoms with Crippen molar-refractivity contribution in [2.75, 3.05) is 7.11 Å². The number of ether oxygens (including phenoxy) is 1. The Morgan fingerprint density at radius 1 is 1.35 bits per heavy atom. The van der Waals surface area contributed by atoms with Gasteiger partial charge in [-0.2, -0.15) is 0 Å². The van der Waals surface area contributed by atoms with Crippen LogP contribution < -0.4 is 5.32 Å². The molecule has 0 aromatic heterocycles. The van der Waals surface area contributed by atoms with Gasteiger partial charge in [0.1, 0.15) is 0 Å². The SMILES string of the molecule is COC(=O)C1C(c2ccc(C)cc2)CC23CCC2NC13. The van der Waals surface area contributed by atoms with Crippen molar-refractivity contribution in [1.82, 2.24) is 5.32 Å². The van der Waals surface area contributed by atoms with E-state index in [4.69, 9.17) is 4.74 Å². The van der Waals surface area contributed by atoms with E-state index in [-0.39, 0.29) is 11.9 Å². The number of aryl methyl sites for hydroxylation is 1. The molecule has 1 spiro atoms. The number of carbonyl (C=O) groups excluding carboxylic acids is 1. The second-order valence-corrected chi connectivity index (χ2v) is 6.74. The number of esters is 1. The number of hydrogen-bond donors (Lipinski definition) is 1. The van der Waals surface area contributed by atoms with Crippen molar-refractivity contribution >= 4 is 5.97 Å². The summed E-state index contributed by atoms with van der Waals surface area (Å²) < 4.78 is 5.09. The van der Waals surface area contributed by atoms with Gasteiger partial charge in [-0.25, -0.2) is 0 Å². The van der Waals surface area contributed by atoms with Crippen molar-refractivity contribution < 1.29 is 9.53 Å². The summed E-state index contributed by atoms with van der Waals surface area (Å²) >= 11 is 0. The normalized spacial score (nSPS) is 41.1. The Morgan fingerprint density at radius 2 is 2.10 bits per heavy atom. The molecule has 3 heteroatoms. The Hall–Kier alpha value is -1.35. The number of nitrogens with one attached hydrogen (secondary N) is 1. The summed E-state index contributed by atoms with van der Waals surface area (Å²) in [7, 11) is 1.51. The molecule has 4 rings (SSSR count). The van der Waals surface area contributed by atoms with E-state index in [1.807, 2.05) is 0 Å². The Kier molecular flexibility index (Phi) is 2.53. The molecule has 1 heterocycles. The fraction of sp³-hybridized carbons (Fsp3) is 0.588. The van der Waals surface area contributed by atoms with E-state index in [1.54, 1.807) is 0 Å². The highest BCUT2D eigenvalue weighted by Gasteiger charge is 2.69. The van der Waals surface area contributed by atoms with Crippen LogP contribution >= 0.6 is 0 Å². The molecule has 5 atom stereocenters. The van der Waals surface area contributed by atoms with Crippen molar-refractivity contribution in [2.24, 2.45) is 11.3 Å². The van der Waals surface area contributed by atoms with Crippen LogP contribution in [0, 0.1) is 18.3 Å². The second kappa shape index (κ2) is 4.08. The largest absolute Gasteiger partial charge is 0.469 e. The zero-order valence-corrected chi connectivity index (χ0v) is 12.1. The quantitative estimate of drug-likeness (QED) is 0.839. The van der Waals surface area contributed by atoms with Gasteiger partial charge < -0.3 is 10.1 Å². The molecule has 106 valence electrons. The molecule has 2 aliphatic carbocycles. The van der Waals surface area contributed by atoms with E-state index in [0.29, 0.717) is 23.4 Å². The van der Waals surface area contributed by atoms with E-state index >= 15 is 0 Å². The fourth-order valence-electron chi connectivity index (χ4n) is 4.74. The number of methoxy groups -OCH3 is 1. The lowest BCUT2D eigenvalue weighted by atomic mass is 9.54. The van der Waals surface area contributed by atoms with Gasteiger partial charge in [-0.3, -0.25) is 4.79 Å². The first-order valence-corrected chi connectivity index (χ1v) is 7.56.